The summed E-state index contributed by atoms with van der Waals surface area (Å²) in [6.07, 6.45) is 2.72. The van der Waals surface area contributed by atoms with Gasteiger partial charge in [0.05, 0.1) is 10.9 Å². The van der Waals surface area contributed by atoms with Gasteiger partial charge in [0, 0.05) is 25.7 Å². The van der Waals surface area contributed by atoms with Crippen LogP contribution in [0.4, 0.5) is 4.39 Å². The minimum atomic E-state index is -3.65. The van der Waals surface area contributed by atoms with Crippen LogP contribution in [0.1, 0.15) is 46.8 Å². The number of carbonyl (C=O) groups is 1. The third-order valence-corrected chi connectivity index (χ3v) is 7.94. The molecule has 0 N–H and O–H groups in total. The van der Waals surface area contributed by atoms with E-state index >= 15 is 0 Å². The van der Waals surface area contributed by atoms with Gasteiger partial charge >= 0.3 is 0 Å². The highest BCUT2D eigenvalue weighted by Crippen LogP contribution is 2.30. The van der Waals surface area contributed by atoms with Crippen molar-refractivity contribution in [1.82, 2.24) is 9.21 Å². The van der Waals surface area contributed by atoms with Crippen molar-refractivity contribution in [3.8, 4) is 0 Å². The van der Waals surface area contributed by atoms with Gasteiger partial charge in [0.25, 0.3) is 5.91 Å². The summed E-state index contributed by atoms with van der Waals surface area (Å²) in [6, 6.07) is 21.3. The standard InChI is InChI=1S/C26H27FN2O3S/c1-28(25(20-9-4-2-5-10-20)21-13-15-23(27)16-14-21)26(30)22-11-8-12-24(19-22)33(31,32)29-17-6-3-7-18-29/h2,4-5,8-16,19,25H,3,6-7,17-18H2,1H3. The van der Waals surface area contributed by atoms with Crippen molar-refractivity contribution >= 4 is 15.9 Å². The molecule has 172 valence electrons. The summed E-state index contributed by atoms with van der Waals surface area (Å²) in [7, 11) is -1.98. The van der Waals surface area contributed by atoms with Gasteiger partial charge in [0.1, 0.15) is 5.82 Å². The summed E-state index contributed by atoms with van der Waals surface area (Å²) in [4.78, 5) is 15.2. The van der Waals surface area contributed by atoms with Gasteiger partial charge in [-0.1, -0.05) is 55.0 Å². The second kappa shape index (κ2) is 9.85. The van der Waals surface area contributed by atoms with Crippen LogP contribution < -0.4 is 0 Å². The quantitative estimate of drug-likeness (QED) is 0.521. The van der Waals surface area contributed by atoms with Crippen LogP contribution in [0.3, 0.4) is 0 Å². The lowest BCUT2D eigenvalue weighted by molar-refractivity contribution is 0.0755. The van der Waals surface area contributed by atoms with Gasteiger partial charge in [-0.25, -0.2) is 12.8 Å². The number of amides is 1. The van der Waals surface area contributed by atoms with Gasteiger partial charge < -0.3 is 4.90 Å². The highest BCUT2D eigenvalue weighted by atomic mass is 32.2. The van der Waals surface area contributed by atoms with Gasteiger partial charge in [-0.05, 0) is 54.3 Å². The Bertz CT molecular complexity index is 1210. The molecule has 5 nitrogen and oxygen atoms in total. The summed E-state index contributed by atoms with van der Waals surface area (Å²) in [5.41, 5.74) is 1.92. The Morgan fingerprint density at radius 2 is 1.52 bits per heavy atom. The average molecular weight is 467 g/mol. The Kier molecular flexibility index (Phi) is 6.91. The molecule has 0 aliphatic carbocycles. The molecule has 0 bridgehead atoms. The number of rotatable bonds is 6. The minimum Gasteiger partial charge on any atom is -0.331 e. The lowest BCUT2D eigenvalue weighted by Crippen LogP contribution is -2.36. The van der Waals surface area contributed by atoms with Crippen molar-refractivity contribution < 1.29 is 17.6 Å². The number of sulfonamides is 1. The van der Waals surface area contributed by atoms with Crippen LogP contribution in [-0.4, -0.2) is 43.7 Å². The maximum Gasteiger partial charge on any atom is 0.254 e. The van der Waals surface area contributed by atoms with Gasteiger partial charge in [0.2, 0.25) is 10.0 Å². The molecule has 7 heteroatoms. The van der Waals surface area contributed by atoms with Gasteiger partial charge in [-0.3, -0.25) is 4.79 Å². The Balaban J connectivity index is 1.67. The average Bonchev–Trinajstić information content (AvgIpc) is 2.86. The molecule has 3 aromatic carbocycles. The van der Waals surface area contributed by atoms with E-state index in [9.17, 15) is 17.6 Å². The molecule has 1 aliphatic heterocycles. The Hall–Kier alpha value is -3.03. The van der Waals surface area contributed by atoms with E-state index in [-0.39, 0.29) is 16.6 Å². The fourth-order valence-corrected chi connectivity index (χ4v) is 5.85. The number of benzene rings is 3. The summed E-state index contributed by atoms with van der Waals surface area (Å²) in [5.74, 6) is -0.668. The zero-order valence-electron chi connectivity index (χ0n) is 18.5. The van der Waals surface area contributed by atoms with E-state index in [2.05, 4.69) is 0 Å². The Morgan fingerprint density at radius 3 is 2.18 bits per heavy atom. The van der Waals surface area contributed by atoms with E-state index < -0.39 is 16.1 Å². The molecule has 1 fully saturated rings. The number of piperidine rings is 1. The number of carbonyl (C=O) groups excluding carboxylic acids is 1. The van der Waals surface area contributed by atoms with Crippen molar-refractivity contribution in [2.24, 2.45) is 0 Å². The number of hydrogen-bond donors (Lipinski definition) is 0. The summed E-state index contributed by atoms with van der Waals surface area (Å²) >= 11 is 0. The molecule has 1 saturated heterocycles. The van der Waals surface area contributed by atoms with Crippen LogP contribution in [0.15, 0.2) is 83.8 Å². The Morgan fingerprint density at radius 1 is 0.879 bits per heavy atom. The molecular formula is C26H27FN2O3S. The van der Waals surface area contributed by atoms with E-state index in [1.54, 1.807) is 36.2 Å². The van der Waals surface area contributed by atoms with Crippen molar-refractivity contribution in [3.05, 3.63) is 101 Å². The Labute approximate surface area is 194 Å². The molecule has 4 rings (SSSR count). The van der Waals surface area contributed by atoms with Crippen molar-refractivity contribution in [2.45, 2.75) is 30.2 Å². The van der Waals surface area contributed by atoms with Crippen molar-refractivity contribution in [1.29, 1.82) is 0 Å². The van der Waals surface area contributed by atoms with Gasteiger partial charge in [0.15, 0.2) is 0 Å². The maximum atomic E-state index is 13.5. The monoisotopic (exact) mass is 466 g/mol. The maximum absolute atomic E-state index is 13.5. The van der Waals surface area contributed by atoms with Crippen molar-refractivity contribution in [2.75, 3.05) is 20.1 Å². The first-order chi connectivity index (χ1) is 15.9. The second-order valence-electron chi connectivity index (χ2n) is 8.27. The lowest BCUT2D eigenvalue weighted by atomic mass is 9.96. The smallest absolute Gasteiger partial charge is 0.254 e. The molecule has 33 heavy (non-hydrogen) atoms. The lowest BCUT2D eigenvalue weighted by Gasteiger charge is -2.30. The molecule has 3 aromatic rings. The first-order valence-electron chi connectivity index (χ1n) is 11.1. The highest BCUT2D eigenvalue weighted by molar-refractivity contribution is 7.89. The SMILES string of the molecule is CN(C(=O)c1cccc(S(=O)(=O)N2CCCCC2)c1)C(c1ccccc1)c1ccc(F)cc1. The van der Waals surface area contributed by atoms with E-state index in [1.165, 1.54) is 28.6 Å². The second-order valence-corrected chi connectivity index (χ2v) is 10.2. The van der Waals surface area contributed by atoms with Crippen molar-refractivity contribution in [3.63, 3.8) is 0 Å². The van der Waals surface area contributed by atoms with E-state index in [4.69, 9.17) is 0 Å². The molecule has 1 unspecified atom stereocenters. The molecule has 0 aromatic heterocycles. The van der Waals surface area contributed by atoms with Crippen LogP contribution >= 0.6 is 0 Å². The molecule has 1 atom stereocenters. The van der Waals surface area contributed by atoms with Gasteiger partial charge in [-0.2, -0.15) is 4.31 Å². The molecule has 1 heterocycles. The predicted octanol–water partition coefficient (Wildman–Crippen LogP) is 4.86. The van der Waals surface area contributed by atoms with Crippen LogP contribution in [0.25, 0.3) is 0 Å². The van der Waals surface area contributed by atoms with Crippen LogP contribution in [0.5, 0.6) is 0 Å². The molecular weight excluding hydrogens is 439 g/mol. The summed E-state index contributed by atoms with van der Waals surface area (Å²) in [5, 5.41) is 0. The van der Waals surface area contributed by atoms with Crippen LogP contribution in [-0.2, 0) is 10.0 Å². The molecule has 1 amide bonds. The fourth-order valence-electron chi connectivity index (χ4n) is 4.28. The van der Waals surface area contributed by atoms with E-state index in [0.29, 0.717) is 18.7 Å². The first-order valence-corrected chi connectivity index (χ1v) is 12.5. The minimum absolute atomic E-state index is 0.127. The van der Waals surface area contributed by atoms with Crippen LogP contribution in [0, 0.1) is 5.82 Å². The highest BCUT2D eigenvalue weighted by Gasteiger charge is 2.28. The number of hydrogen-bond acceptors (Lipinski definition) is 3. The summed E-state index contributed by atoms with van der Waals surface area (Å²) < 4.78 is 41.3. The predicted molar refractivity (Wildman–Crippen MR) is 126 cm³/mol. The van der Waals surface area contributed by atoms with Crippen LogP contribution in [0.2, 0.25) is 0 Å². The molecule has 0 spiro atoms. The topological polar surface area (TPSA) is 57.7 Å². The molecule has 0 radical (unpaired) electrons. The first kappa shape index (κ1) is 23.1. The van der Waals surface area contributed by atoms with Gasteiger partial charge in [-0.15, -0.1) is 0 Å². The summed E-state index contributed by atoms with van der Waals surface area (Å²) in [6.45, 7) is 1.00. The molecule has 1 aliphatic rings. The third-order valence-electron chi connectivity index (χ3n) is 6.04. The number of halogens is 1. The van der Waals surface area contributed by atoms with E-state index in [0.717, 1.165) is 30.4 Å². The zero-order valence-corrected chi connectivity index (χ0v) is 19.3. The van der Waals surface area contributed by atoms with E-state index in [1.807, 2.05) is 30.3 Å². The largest absolute Gasteiger partial charge is 0.331 e. The number of nitrogens with zero attached hydrogens (tertiary/aromatic N) is 2. The third kappa shape index (κ3) is 4.99. The zero-order chi connectivity index (χ0) is 23.4. The fraction of sp³-hybridized carbons (Fsp3) is 0.269. The molecule has 0 saturated carbocycles. The normalized spacial score (nSPS) is 15.7.